The largest absolute Gasteiger partial charge is 0.497 e. The quantitative estimate of drug-likeness (QED) is 0.338. The third kappa shape index (κ3) is 5.94. The van der Waals surface area contributed by atoms with Crippen LogP contribution in [0.3, 0.4) is 0 Å². The van der Waals surface area contributed by atoms with Crippen molar-refractivity contribution in [3.05, 3.63) is 83.4 Å². The minimum Gasteiger partial charge on any atom is -0.497 e. The van der Waals surface area contributed by atoms with Crippen LogP contribution in [0.5, 0.6) is 11.5 Å². The summed E-state index contributed by atoms with van der Waals surface area (Å²) in [6.45, 7) is 11.9. The highest BCUT2D eigenvalue weighted by atomic mass is 16.5. The van der Waals surface area contributed by atoms with Crippen LogP contribution < -0.4 is 9.47 Å². The Labute approximate surface area is 194 Å². The van der Waals surface area contributed by atoms with Crippen LogP contribution >= 0.6 is 0 Å². The highest BCUT2D eigenvalue weighted by molar-refractivity contribution is 5.70. The fraction of sp³-hybridized carbons (Fsp3) is 0.400. The molecule has 0 unspecified atom stereocenters. The van der Waals surface area contributed by atoms with Gasteiger partial charge in [0, 0.05) is 0 Å². The van der Waals surface area contributed by atoms with Crippen molar-refractivity contribution in [2.75, 3.05) is 7.11 Å². The molecule has 1 atom stereocenters. The fourth-order valence-corrected chi connectivity index (χ4v) is 4.32. The van der Waals surface area contributed by atoms with E-state index in [2.05, 4.69) is 89.2 Å². The Morgan fingerprint density at radius 1 is 0.844 bits per heavy atom. The topological polar surface area (TPSA) is 18.5 Å². The van der Waals surface area contributed by atoms with Crippen molar-refractivity contribution in [1.82, 2.24) is 0 Å². The Hall–Kier alpha value is -2.74. The molecule has 3 aromatic rings. The number of hydrogen-bond acceptors (Lipinski definition) is 2. The maximum atomic E-state index is 6.24. The molecular formula is C30H38O2. The van der Waals surface area contributed by atoms with E-state index in [1.165, 1.54) is 40.7 Å². The second kappa shape index (κ2) is 10.7. The van der Waals surface area contributed by atoms with Crippen LogP contribution in [0.2, 0.25) is 0 Å². The van der Waals surface area contributed by atoms with Crippen LogP contribution in [-0.2, 0) is 12.0 Å². The van der Waals surface area contributed by atoms with E-state index in [-0.39, 0.29) is 5.41 Å². The summed E-state index contributed by atoms with van der Waals surface area (Å²) >= 11 is 0. The zero-order chi connectivity index (χ0) is 23.1. The zero-order valence-electron chi connectivity index (χ0n) is 20.6. The Balaban J connectivity index is 1.84. The lowest BCUT2D eigenvalue weighted by Crippen LogP contribution is -2.14. The first-order chi connectivity index (χ1) is 15.4. The fourth-order valence-electron chi connectivity index (χ4n) is 4.32. The third-order valence-corrected chi connectivity index (χ3v) is 6.14. The van der Waals surface area contributed by atoms with Gasteiger partial charge < -0.3 is 9.47 Å². The predicted molar refractivity (Wildman–Crippen MR) is 136 cm³/mol. The van der Waals surface area contributed by atoms with Gasteiger partial charge in [0.2, 0.25) is 0 Å². The van der Waals surface area contributed by atoms with Gasteiger partial charge in [0.1, 0.15) is 18.1 Å². The average Bonchev–Trinajstić information content (AvgIpc) is 2.80. The van der Waals surface area contributed by atoms with Crippen molar-refractivity contribution in [3.8, 4) is 22.6 Å². The standard InChI is InChI=1S/C30H38O2/c1-7-11-23(8-2)24-12-9-15-27(19-24)32-21-22-16-17-28(29(18-22)30(3,4)5)25-13-10-14-26(20-25)31-6/h9-10,12-20,23H,7-8,11,21H2,1-6H3/t23-/m1/s1. The van der Waals surface area contributed by atoms with Crippen LogP contribution in [0.4, 0.5) is 0 Å². The minimum absolute atomic E-state index is 0.0167. The Bertz CT molecular complexity index is 1010. The van der Waals surface area contributed by atoms with Crippen LogP contribution in [0, 0.1) is 0 Å². The highest BCUT2D eigenvalue weighted by Crippen LogP contribution is 2.35. The van der Waals surface area contributed by atoms with Gasteiger partial charge in [-0.3, -0.25) is 0 Å². The second-order valence-electron chi connectivity index (χ2n) is 9.62. The highest BCUT2D eigenvalue weighted by Gasteiger charge is 2.20. The molecule has 170 valence electrons. The zero-order valence-corrected chi connectivity index (χ0v) is 20.6. The van der Waals surface area contributed by atoms with Gasteiger partial charge in [-0.25, -0.2) is 0 Å². The average molecular weight is 431 g/mol. The summed E-state index contributed by atoms with van der Waals surface area (Å²) in [6, 6.07) is 23.6. The molecule has 0 fully saturated rings. The molecule has 3 rings (SSSR count). The van der Waals surface area contributed by atoms with Crippen LogP contribution in [0.1, 0.15) is 76.5 Å². The van der Waals surface area contributed by atoms with Crippen LogP contribution in [0.25, 0.3) is 11.1 Å². The van der Waals surface area contributed by atoms with E-state index >= 15 is 0 Å². The summed E-state index contributed by atoms with van der Waals surface area (Å²) < 4.78 is 11.7. The van der Waals surface area contributed by atoms with Crippen molar-refractivity contribution in [2.45, 2.75) is 71.8 Å². The molecule has 0 saturated heterocycles. The van der Waals surface area contributed by atoms with E-state index < -0.39 is 0 Å². The summed E-state index contributed by atoms with van der Waals surface area (Å²) in [7, 11) is 1.71. The van der Waals surface area contributed by atoms with Gasteiger partial charge in [0.15, 0.2) is 0 Å². The van der Waals surface area contributed by atoms with Crippen molar-refractivity contribution < 1.29 is 9.47 Å². The van der Waals surface area contributed by atoms with Crippen molar-refractivity contribution in [1.29, 1.82) is 0 Å². The third-order valence-electron chi connectivity index (χ3n) is 6.14. The number of rotatable bonds is 9. The van der Waals surface area contributed by atoms with E-state index in [0.717, 1.165) is 17.9 Å². The maximum Gasteiger partial charge on any atom is 0.120 e. The summed E-state index contributed by atoms with van der Waals surface area (Å²) in [5.74, 6) is 2.44. The van der Waals surface area contributed by atoms with Crippen molar-refractivity contribution in [3.63, 3.8) is 0 Å². The number of ether oxygens (including phenoxy) is 2. The molecule has 0 amide bonds. The first-order valence-electron chi connectivity index (χ1n) is 11.9. The van der Waals surface area contributed by atoms with Gasteiger partial charge in [0.25, 0.3) is 0 Å². The van der Waals surface area contributed by atoms with Crippen LogP contribution in [-0.4, -0.2) is 7.11 Å². The number of hydrogen-bond donors (Lipinski definition) is 0. The molecule has 0 aromatic heterocycles. The van der Waals surface area contributed by atoms with Gasteiger partial charge in [-0.2, -0.15) is 0 Å². The maximum absolute atomic E-state index is 6.24. The molecule has 0 aliphatic rings. The molecule has 0 N–H and O–H groups in total. The van der Waals surface area contributed by atoms with Gasteiger partial charge in [-0.05, 0) is 76.3 Å². The Kier molecular flexibility index (Phi) is 8.01. The lowest BCUT2D eigenvalue weighted by atomic mass is 9.81. The van der Waals surface area contributed by atoms with Crippen molar-refractivity contribution >= 4 is 0 Å². The van der Waals surface area contributed by atoms with E-state index in [0.29, 0.717) is 12.5 Å². The molecule has 3 aromatic carbocycles. The summed E-state index contributed by atoms with van der Waals surface area (Å²) in [4.78, 5) is 0. The molecule has 0 aliphatic carbocycles. The van der Waals surface area contributed by atoms with E-state index in [9.17, 15) is 0 Å². The first kappa shape index (κ1) is 23.9. The lowest BCUT2D eigenvalue weighted by Gasteiger charge is -2.24. The molecule has 0 spiro atoms. The summed E-state index contributed by atoms with van der Waals surface area (Å²) in [6.07, 6.45) is 3.59. The Morgan fingerprint density at radius 2 is 1.59 bits per heavy atom. The van der Waals surface area contributed by atoms with E-state index in [4.69, 9.17) is 9.47 Å². The molecule has 0 bridgehead atoms. The van der Waals surface area contributed by atoms with Crippen LogP contribution in [0.15, 0.2) is 66.7 Å². The molecule has 0 saturated carbocycles. The predicted octanol–water partition coefficient (Wildman–Crippen LogP) is 8.53. The van der Waals surface area contributed by atoms with Gasteiger partial charge >= 0.3 is 0 Å². The van der Waals surface area contributed by atoms with Gasteiger partial charge in [0.05, 0.1) is 7.11 Å². The molecule has 32 heavy (non-hydrogen) atoms. The molecule has 0 heterocycles. The SMILES string of the molecule is CCC[C@@H](CC)c1cccc(OCc2ccc(-c3cccc(OC)c3)c(C(C)(C)C)c2)c1. The minimum atomic E-state index is 0.0167. The van der Waals surface area contributed by atoms with E-state index in [1.54, 1.807) is 7.11 Å². The number of benzene rings is 3. The summed E-state index contributed by atoms with van der Waals surface area (Å²) in [5, 5.41) is 0. The molecule has 2 nitrogen and oxygen atoms in total. The Morgan fingerprint density at radius 3 is 2.28 bits per heavy atom. The van der Waals surface area contributed by atoms with Gasteiger partial charge in [-0.1, -0.05) is 83.5 Å². The smallest absolute Gasteiger partial charge is 0.120 e. The lowest BCUT2D eigenvalue weighted by molar-refractivity contribution is 0.305. The first-order valence-corrected chi connectivity index (χ1v) is 11.9. The van der Waals surface area contributed by atoms with E-state index in [1.807, 2.05) is 12.1 Å². The normalized spacial score (nSPS) is 12.4. The van der Waals surface area contributed by atoms with Crippen molar-refractivity contribution in [2.24, 2.45) is 0 Å². The number of methoxy groups -OCH3 is 1. The van der Waals surface area contributed by atoms with Gasteiger partial charge in [-0.15, -0.1) is 0 Å². The second-order valence-corrected chi connectivity index (χ2v) is 9.62. The summed E-state index contributed by atoms with van der Waals surface area (Å²) in [5.41, 5.74) is 6.32. The monoisotopic (exact) mass is 430 g/mol. The molecule has 0 aliphatic heterocycles. The molecule has 0 radical (unpaired) electrons. The molecular weight excluding hydrogens is 392 g/mol. The molecule has 2 heteroatoms.